The molecule has 0 aliphatic heterocycles. The second-order valence-corrected chi connectivity index (χ2v) is 6.92. The largest absolute Gasteiger partial charge is 0.423 e. The molecule has 0 radical (unpaired) electrons. The molecule has 0 aliphatic carbocycles. The number of rotatable bonds is 13. The molecule has 0 amide bonds. The number of hydrogen-bond donors (Lipinski definition) is 1. The van der Waals surface area contributed by atoms with Gasteiger partial charge in [-0.05, 0) is 42.3 Å². The van der Waals surface area contributed by atoms with Gasteiger partial charge in [0.05, 0.1) is 38.1 Å². The zero-order valence-electron chi connectivity index (χ0n) is 17.4. The highest BCUT2D eigenvalue weighted by atomic mass is 16.5. The van der Waals surface area contributed by atoms with Gasteiger partial charge in [0.1, 0.15) is 5.75 Å². The molecule has 0 bridgehead atoms. The molecule has 0 fully saturated rings. The van der Waals surface area contributed by atoms with Crippen LogP contribution in [0.15, 0.2) is 54.6 Å². The smallest absolute Gasteiger partial charge is 0.343 e. The van der Waals surface area contributed by atoms with E-state index in [2.05, 4.69) is 19.2 Å². The summed E-state index contributed by atoms with van der Waals surface area (Å²) in [5.74, 6) is 0.518. The number of para-hydroxylation sites is 1. The molecule has 6 heteroatoms. The van der Waals surface area contributed by atoms with Crippen LogP contribution >= 0.6 is 0 Å². The Morgan fingerprint density at radius 1 is 0.931 bits per heavy atom. The Morgan fingerprint density at radius 2 is 1.62 bits per heavy atom. The zero-order valence-corrected chi connectivity index (χ0v) is 17.4. The van der Waals surface area contributed by atoms with Gasteiger partial charge in [-0.3, -0.25) is 0 Å². The van der Waals surface area contributed by atoms with Crippen molar-refractivity contribution in [2.24, 2.45) is 5.92 Å². The summed E-state index contributed by atoms with van der Waals surface area (Å²) < 4.78 is 21.7. The lowest BCUT2D eigenvalue weighted by atomic mass is 10.1. The van der Waals surface area contributed by atoms with Gasteiger partial charge >= 0.3 is 5.97 Å². The lowest BCUT2D eigenvalue weighted by Gasteiger charge is -2.22. The number of anilines is 1. The third kappa shape index (κ3) is 8.64. The molecular formula is C23H31NO5. The van der Waals surface area contributed by atoms with Gasteiger partial charge in [-0.25, -0.2) is 4.79 Å². The number of methoxy groups -OCH3 is 1. The lowest BCUT2D eigenvalue weighted by molar-refractivity contribution is -0.0170. The quantitative estimate of drug-likeness (QED) is 0.311. The molecule has 6 nitrogen and oxygen atoms in total. The number of esters is 1. The molecule has 2 rings (SSSR count). The van der Waals surface area contributed by atoms with Gasteiger partial charge in [-0.2, -0.15) is 0 Å². The second-order valence-electron chi connectivity index (χ2n) is 6.92. The Morgan fingerprint density at radius 3 is 2.28 bits per heavy atom. The van der Waals surface area contributed by atoms with Crippen molar-refractivity contribution in [3.05, 3.63) is 60.2 Å². The van der Waals surface area contributed by atoms with Gasteiger partial charge in [0, 0.05) is 19.3 Å². The third-order valence-electron chi connectivity index (χ3n) is 4.32. The average Bonchev–Trinajstić information content (AvgIpc) is 2.73. The summed E-state index contributed by atoms with van der Waals surface area (Å²) in [4.78, 5) is 12.2. The molecule has 29 heavy (non-hydrogen) atoms. The summed E-state index contributed by atoms with van der Waals surface area (Å²) in [6.45, 7) is 7.17. The van der Waals surface area contributed by atoms with E-state index in [0.717, 1.165) is 5.69 Å². The van der Waals surface area contributed by atoms with E-state index in [0.29, 0.717) is 50.2 Å². The Balaban J connectivity index is 1.77. The molecule has 2 aromatic carbocycles. The fourth-order valence-corrected chi connectivity index (χ4v) is 2.59. The predicted octanol–water partition coefficient (Wildman–Crippen LogP) is 4.02. The van der Waals surface area contributed by atoms with Crippen LogP contribution in [0.4, 0.5) is 5.69 Å². The van der Waals surface area contributed by atoms with Crippen molar-refractivity contribution in [2.45, 2.75) is 20.0 Å². The summed E-state index contributed by atoms with van der Waals surface area (Å²) in [6, 6.07) is 16.3. The first-order chi connectivity index (χ1) is 14.1. The number of hydrogen-bond acceptors (Lipinski definition) is 6. The van der Waals surface area contributed by atoms with Crippen LogP contribution in [0.25, 0.3) is 0 Å². The van der Waals surface area contributed by atoms with Gasteiger partial charge < -0.3 is 24.3 Å². The summed E-state index contributed by atoms with van der Waals surface area (Å²) in [5.41, 5.74) is 1.43. The van der Waals surface area contributed by atoms with Crippen molar-refractivity contribution in [2.75, 3.05) is 45.4 Å². The lowest BCUT2D eigenvalue weighted by Crippen LogP contribution is -2.30. The first-order valence-electron chi connectivity index (χ1n) is 9.89. The van der Waals surface area contributed by atoms with E-state index in [1.165, 1.54) is 0 Å². The van der Waals surface area contributed by atoms with Gasteiger partial charge in [-0.1, -0.05) is 32.0 Å². The zero-order chi connectivity index (χ0) is 20.9. The first kappa shape index (κ1) is 22.9. The Kier molecular flexibility index (Phi) is 10.2. The minimum atomic E-state index is -0.375. The number of carbonyl (C=O) groups excluding carboxylic acids is 1. The van der Waals surface area contributed by atoms with Crippen LogP contribution in [0.5, 0.6) is 5.75 Å². The Bertz CT molecular complexity index is 703. The van der Waals surface area contributed by atoms with Crippen LogP contribution in [0.2, 0.25) is 0 Å². The minimum absolute atomic E-state index is 0.0590. The van der Waals surface area contributed by atoms with Crippen molar-refractivity contribution in [1.29, 1.82) is 0 Å². The minimum Gasteiger partial charge on any atom is -0.423 e. The SMILES string of the molecule is COCCOCCO[C@H](CNc1ccc(C(=O)Oc2ccccc2)cc1)C(C)C. The fraction of sp³-hybridized carbons (Fsp3) is 0.435. The molecule has 0 saturated carbocycles. The highest BCUT2D eigenvalue weighted by molar-refractivity contribution is 5.91. The van der Waals surface area contributed by atoms with Crippen molar-refractivity contribution >= 4 is 11.7 Å². The third-order valence-corrected chi connectivity index (χ3v) is 4.32. The van der Waals surface area contributed by atoms with Crippen molar-refractivity contribution in [1.82, 2.24) is 0 Å². The number of carbonyl (C=O) groups is 1. The van der Waals surface area contributed by atoms with Crippen molar-refractivity contribution in [3.63, 3.8) is 0 Å². The Hall–Kier alpha value is -2.41. The normalized spacial score (nSPS) is 12.0. The van der Waals surface area contributed by atoms with Crippen molar-refractivity contribution in [3.8, 4) is 5.75 Å². The summed E-state index contributed by atoms with van der Waals surface area (Å²) in [5, 5.41) is 3.37. The molecule has 158 valence electrons. The van der Waals surface area contributed by atoms with Crippen LogP contribution in [-0.2, 0) is 14.2 Å². The van der Waals surface area contributed by atoms with Gasteiger partial charge in [-0.15, -0.1) is 0 Å². The maximum Gasteiger partial charge on any atom is 0.343 e. The number of ether oxygens (including phenoxy) is 4. The average molecular weight is 402 g/mol. The summed E-state index contributed by atoms with van der Waals surface area (Å²) in [7, 11) is 1.65. The van der Waals surface area contributed by atoms with Crippen LogP contribution in [0.3, 0.4) is 0 Å². The van der Waals surface area contributed by atoms with Gasteiger partial charge in [0.2, 0.25) is 0 Å². The maximum absolute atomic E-state index is 12.2. The number of nitrogens with one attached hydrogen (secondary N) is 1. The monoisotopic (exact) mass is 401 g/mol. The van der Waals surface area contributed by atoms with Crippen LogP contribution < -0.4 is 10.1 Å². The van der Waals surface area contributed by atoms with Gasteiger partial charge in [0.25, 0.3) is 0 Å². The van der Waals surface area contributed by atoms with E-state index in [-0.39, 0.29) is 12.1 Å². The van der Waals surface area contributed by atoms with Crippen LogP contribution in [-0.4, -0.2) is 52.2 Å². The second kappa shape index (κ2) is 12.9. The van der Waals surface area contributed by atoms with Gasteiger partial charge in [0.15, 0.2) is 0 Å². The van der Waals surface area contributed by atoms with E-state index < -0.39 is 0 Å². The molecule has 0 unspecified atom stereocenters. The molecular weight excluding hydrogens is 370 g/mol. The maximum atomic E-state index is 12.2. The van der Waals surface area contributed by atoms with E-state index in [1.54, 1.807) is 31.4 Å². The molecule has 0 saturated heterocycles. The molecule has 0 heterocycles. The van der Waals surface area contributed by atoms with Crippen LogP contribution in [0, 0.1) is 5.92 Å². The standard InChI is InChI=1S/C23H31NO5/c1-18(2)22(28-16-15-27-14-13-26-3)17-24-20-11-9-19(10-12-20)23(25)29-21-7-5-4-6-8-21/h4-12,18,22,24H,13-17H2,1-3H3/t22-/m1/s1. The fourth-order valence-electron chi connectivity index (χ4n) is 2.59. The molecule has 0 aromatic heterocycles. The number of benzene rings is 2. The summed E-state index contributed by atoms with van der Waals surface area (Å²) >= 11 is 0. The first-order valence-corrected chi connectivity index (χ1v) is 9.89. The molecule has 2 aromatic rings. The molecule has 1 N–H and O–H groups in total. The van der Waals surface area contributed by atoms with E-state index in [4.69, 9.17) is 18.9 Å². The predicted molar refractivity (Wildman–Crippen MR) is 114 cm³/mol. The van der Waals surface area contributed by atoms with Crippen molar-refractivity contribution < 1.29 is 23.7 Å². The molecule has 1 atom stereocenters. The van der Waals surface area contributed by atoms with E-state index in [1.807, 2.05) is 30.3 Å². The highest BCUT2D eigenvalue weighted by Gasteiger charge is 2.14. The molecule has 0 aliphatic rings. The topological polar surface area (TPSA) is 66.0 Å². The highest BCUT2D eigenvalue weighted by Crippen LogP contribution is 2.15. The van der Waals surface area contributed by atoms with Crippen LogP contribution in [0.1, 0.15) is 24.2 Å². The summed E-state index contributed by atoms with van der Waals surface area (Å²) in [6.07, 6.45) is 0.0590. The van der Waals surface area contributed by atoms with E-state index in [9.17, 15) is 4.79 Å². The van der Waals surface area contributed by atoms with E-state index >= 15 is 0 Å². The molecule has 0 spiro atoms. The Labute approximate surface area is 173 Å².